The van der Waals surface area contributed by atoms with Gasteiger partial charge in [-0.1, -0.05) is 25.5 Å². The summed E-state index contributed by atoms with van der Waals surface area (Å²) in [5.74, 6) is 1.11. The summed E-state index contributed by atoms with van der Waals surface area (Å²) in [5.41, 5.74) is 7.65. The molecular formula is C18H27N3O2. The lowest BCUT2D eigenvalue weighted by Crippen LogP contribution is -2.47. The fourth-order valence-electron chi connectivity index (χ4n) is 3.73. The summed E-state index contributed by atoms with van der Waals surface area (Å²) in [6.07, 6.45) is 5.34. The van der Waals surface area contributed by atoms with Crippen molar-refractivity contribution in [1.82, 2.24) is 15.8 Å². The van der Waals surface area contributed by atoms with Gasteiger partial charge in [0, 0.05) is 18.6 Å². The predicted octanol–water partition coefficient (Wildman–Crippen LogP) is 2.39. The molecule has 0 radical (unpaired) electrons. The van der Waals surface area contributed by atoms with Crippen LogP contribution in [0.25, 0.3) is 0 Å². The highest BCUT2D eigenvalue weighted by Gasteiger charge is 2.36. The second kappa shape index (κ2) is 7.32. The summed E-state index contributed by atoms with van der Waals surface area (Å²) in [7, 11) is 1.67. The Bertz CT molecular complexity index is 532. The summed E-state index contributed by atoms with van der Waals surface area (Å²) in [5, 5.41) is 0. The van der Waals surface area contributed by atoms with E-state index in [-0.39, 0.29) is 18.0 Å². The third-order valence-corrected chi connectivity index (χ3v) is 5.00. The molecule has 0 saturated carbocycles. The Labute approximate surface area is 138 Å². The van der Waals surface area contributed by atoms with Gasteiger partial charge < -0.3 is 9.64 Å². The first kappa shape index (κ1) is 16.3. The first-order valence-electron chi connectivity index (χ1n) is 8.68. The van der Waals surface area contributed by atoms with Gasteiger partial charge in [0.25, 0.3) is 0 Å². The minimum Gasteiger partial charge on any atom is -0.497 e. The lowest BCUT2D eigenvalue weighted by Gasteiger charge is -2.27. The molecular weight excluding hydrogens is 290 g/mol. The van der Waals surface area contributed by atoms with Crippen LogP contribution in [0.15, 0.2) is 24.3 Å². The molecule has 2 aliphatic heterocycles. The molecule has 5 heteroatoms. The summed E-state index contributed by atoms with van der Waals surface area (Å²) in [6.45, 7) is 3.10. The zero-order valence-electron chi connectivity index (χ0n) is 14.0. The molecule has 3 unspecified atom stereocenters. The van der Waals surface area contributed by atoms with Crippen LogP contribution in [0.1, 0.15) is 50.6 Å². The van der Waals surface area contributed by atoms with Crippen molar-refractivity contribution in [3.63, 3.8) is 0 Å². The van der Waals surface area contributed by atoms with Crippen LogP contribution in [0.4, 0.5) is 0 Å². The fraction of sp³-hybridized carbons (Fsp3) is 0.611. The van der Waals surface area contributed by atoms with E-state index in [9.17, 15) is 4.79 Å². The fourth-order valence-corrected chi connectivity index (χ4v) is 3.73. The third-order valence-electron chi connectivity index (χ3n) is 5.00. The Morgan fingerprint density at radius 3 is 2.78 bits per heavy atom. The van der Waals surface area contributed by atoms with Crippen LogP contribution in [0.2, 0.25) is 0 Å². The van der Waals surface area contributed by atoms with Crippen molar-refractivity contribution in [3.05, 3.63) is 29.8 Å². The average Bonchev–Trinajstić information content (AvgIpc) is 3.24. The van der Waals surface area contributed by atoms with E-state index < -0.39 is 0 Å². The molecule has 2 aliphatic rings. The lowest BCUT2D eigenvalue weighted by atomic mass is 10.0. The van der Waals surface area contributed by atoms with Crippen LogP contribution < -0.4 is 15.6 Å². The first-order valence-corrected chi connectivity index (χ1v) is 8.68. The van der Waals surface area contributed by atoms with Gasteiger partial charge in [-0.15, -0.1) is 0 Å². The van der Waals surface area contributed by atoms with Gasteiger partial charge in [0.05, 0.1) is 7.11 Å². The zero-order valence-corrected chi connectivity index (χ0v) is 14.0. The van der Waals surface area contributed by atoms with Crippen molar-refractivity contribution in [2.24, 2.45) is 0 Å². The van der Waals surface area contributed by atoms with E-state index in [1.54, 1.807) is 7.11 Å². The second-order valence-corrected chi connectivity index (χ2v) is 6.52. The van der Waals surface area contributed by atoms with E-state index >= 15 is 0 Å². The summed E-state index contributed by atoms with van der Waals surface area (Å²) >= 11 is 0. The molecule has 0 spiro atoms. The molecule has 2 saturated heterocycles. The number of hydrogen-bond donors (Lipinski definition) is 2. The van der Waals surface area contributed by atoms with Crippen molar-refractivity contribution < 1.29 is 9.53 Å². The Morgan fingerprint density at radius 2 is 2.09 bits per heavy atom. The van der Waals surface area contributed by atoms with Gasteiger partial charge in [-0.2, -0.15) is 0 Å². The molecule has 0 bridgehead atoms. The molecule has 126 valence electrons. The van der Waals surface area contributed by atoms with Gasteiger partial charge >= 0.3 is 0 Å². The Morgan fingerprint density at radius 1 is 1.30 bits per heavy atom. The van der Waals surface area contributed by atoms with Gasteiger partial charge in [-0.05, 0) is 43.4 Å². The molecule has 0 aliphatic carbocycles. The minimum absolute atomic E-state index is 0.125. The van der Waals surface area contributed by atoms with Gasteiger partial charge in [-0.3, -0.25) is 4.79 Å². The van der Waals surface area contributed by atoms with Crippen molar-refractivity contribution in [2.45, 2.75) is 57.2 Å². The number of hydrazine groups is 1. The number of amides is 1. The van der Waals surface area contributed by atoms with Crippen molar-refractivity contribution >= 4 is 5.91 Å². The molecule has 1 aromatic carbocycles. The minimum atomic E-state index is -0.125. The maximum atomic E-state index is 12.8. The SMILES string of the molecule is CCCC1CCCN1C(=O)C1CC(c2ccc(OC)cc2)NN1. The lowest BCUT2D eigenvalue weighted by molar-refractivity contribution is -0.134. The Hall–Kier alpha value is -1.59. The molecule has 1 aromatic rings. The molecule has 3 atom stereocenters. The Balaban J connectivity index is 1.61. The monoisotopic (exact) mass is 317 g/mol. The second-order valence-electron chi connectivity index (χ2n) is 6.52. The maximum Gasteiger partial charge on any atom is 0.241 e. The number of hydrogen-bond acceptors (Lipinski definition) is 4. The molecule has 3 rings (SSSR count). The number of likely N-dealkylation sites (tertiary alicyclic amines) is 1. The molecule has 1 amide bonds. The quantitative estimate of drug-likeness (QED) is 0.875. The number of benzene rings is 1. The summed E-state index contributed by atoms with van der Waals surface area (Å²) in [4.78, 5) is 14.9. The molecule has 0 aromatic heterocycles. The highest BCUT2D eigenvalue weighted by molar-refractivity contribution is 5.82. The highest BCUT2D eigenvalue weighted by Crippen LogP contribution is 2.28. The van der Waals surface area contributed by atoms with Gasteiger partial charge in [0.1, 0.15) is 11.8 Å². The molecule has 23 heavy (non-hydrogen) atoms. The van der Waals surface area contributed by atoms with E-state index in [0.717, 1.165) is 44.4 Å². The van der Waals surface area contributed by atoms with Crippen LogP contribution >= 0.6 is 0 Å². The maximum absolute atomic E-state index is 12.8. The van der Waals surface area contributed by atoms with Crippen molar-refractivity contribution in [2.75, 3.05) is 13.7 Å². The third kappa shape index (κ3) is 3.51. The van der Waals surface area contributed by atoms with Crippen LogP contribution in [0, 0.1) is 0 Å². The standard InChI is InChI=1S/C18H27N3O2/c1-3-5-14-6-4-11-21(14)18(22)17-12-16(19-20-17)13-7-9-15(23-2)10-8-13/h7-10,14,16-17,19-20H,3-6,11-12H2,1-2H3. The van der Waals surface area contributed by atoms with Crippen LogP contribution in [-0.2, 0) is 4.79 Å². The van der Waals surface area contributed by atoms with Crippen LogP contribution in [-0.4, -0.2) is 36.5 Å². The van der Waals surface area contributed by atoms with E-state index in [1.807, 2.05) is 12.1 Å². The van der Waals surface area contributed by atoms with Crippen molar-refractivity contribution in [3.8, 4) is 5.75 Å². The number of nitrogens with one attached hydrogen (secondary N) is 2. The normalized spacial score (nSPS) is 27.4. The largest absolute Gasteiger partial charge is 0.497 e. The van der Waals surface area contributed by atoms with Gasteiger partial charge in [0.15, 0.2) is 0 Å². The van der Waals surface area contributed by atoms with Crippen molar-refractivity contribution in [1.29, 1.82) is 0 Å². The zero-order chi connectivity index (χ0) is 16.2. The van der Waals surface area contributed by atoms with Gasteiger partial charge in [-0.25, -0.2) is 10.9 Å². The molecule has 2 heterocycles. The molecule has 2 N–H and O–H groups in total. The van der Waals surface area contributed by atoms with E-state index in [2.05, 4.69) is 34.8 Å². The molecule has 2 fully saturated rings. The smallest absolute Gasteiger partial charge is 0.241 e. The van der Waals surface area contributed by atoms with E-state index in [4.69, 9.17) is 4.74 Å². The summed E-state index contributed by atoms with van der Waals surface area (Å²) in [6, 6.07) is 8.52. The number of methoxy groups -OCH3 is 1. The highest BCUT2D eigenvalue weighted by atomic mass is 16.5. The predicted molar refractivity (Wildman–Crippen MR) is 90.1 cm³/mol. The van der Waals surface area contributed by atoms with Crippen LogP contribution in [0.3, 0.4) is 0 Å². The first-order chi connectivity index (χ1) is 11.2. The summed E-state index contributed by atoms with van der Waals surface area (Å²) < 4.78 is 5.20. The van der Waals surface area contributed by atoms with Crippen LogP contribution in [0.5, 0.6) is 5.75 Å². The number of nitrogens with zero attached hydrogens (tertiary/aromatic N) is 1. The topological polar surface area (TPSA) is 53.6 Å². The average molecular weight is 317 g/mol. The Kier molecular flexibility index (Phi) is 5.18. The van der Waals surface area contributed by atoms with E-state index in [0.29, 0.717) is 6.04 Å². The number of rotatable bonds is 5. The number of carbonyl (C=O) groups is 1. The van der Waals surface area contributed by atoms with E-state index in [1.165, 1.54) is 5.56 Å². The number of carbonyl (C=O) groups excluding carboxylic acids is 1. The van der Waals surface area contributed by atoms with Gasteiger partial charge in [0.2, 0.25) is 5.91 Å². The number of ether oxygens (including phenoxy) is 1. The molecule has 5 nitrogen and oxygen atoms in total.